The summed E-state index contributed by atoms with van der Waals surface area (Å²) in [6.45, 7) is 0. The molecule has 2 aromatic rings. The molecule has 1 unspecified atom stereocenters. The van der Waals surface area contributed by atoms with Crippen molar-refractivity contribution >= 4 is 5.97 Å². The van der Waals surface area contributed by atoms with Gasteiger partial charge in [-0.25, -0.2) is 4.79 Å². The quantitative estimate of drug-likeness (QED) is 0.848. The maximum absolute atomic E-state index is 11.9. The van der Waals surface area contributed by atoms with E-state index in [0.717, 1.165) is 0 Å². The first-order valence-electron chi connectivity index (χ1n) is 6.80. The van der Waals surface area contributed by atoms with Crippen LogP contribution in [-0.2, 0) is 10.4 Å². The number of rotatable bonds is 6. The summed E-state index contributed by atoms with van der Waals surface area (Å²) < 4.78 is 15.7. The van der Waals surface area contributed by atoms with Crippen LogP contribution in [0.4, 0.5) is 0 Å². The van der Waals surface area contributed by atoms with Gasteiger partial charge in [-0.2, -0.15) is 0 Å². The standard InChI is InChI=1S/C17H18O6/c1-21-12-9-13(22-2)15(14(10-12)23-3)17(20,16(18)19)11-7-5-4-6-8-11/h4-10,20H,1-3H3,(H,18,19). The van der Waals surface area contributed by atoms with Gasteiger partial charge in [-0.3, -0.25) is 0 Å². The van der Waals surface area contributed by atoms with Gasteiger partial charge in [0.15, 0.2) is 0 Å². The molecule has 0 aliphatic carbocycles. The van der Waals surface area contributed by atoms with Crippen LogP contribution in [0, 0.1) is 0 Å². The van der Waals surface area contributed by atoms with E-state index in [0.29, 0.717) is 5.75 Å². The molecule has 0 saturated heterocycles. The van der Waals surface area contributed by atoms with E-state index in [4.69, 9.17) is 14.2 Å². The Morgan fingerprint density at radius 3 is 1.87 bits per heavy atom. The molecular weight excluding hydrogens is 300 g/mol. The Bertz CT molecular complexity index is 672. The van der Waals surface area contributed by atoms with Crippen molar-refractivity contribution < 1.29 is 29.2 Å². The van der Waals surface area contributed by atoms with Crippen molar-refractivity contribution in [1.82, 2.24) is 0 Å². The zero-order chi connectivity index (χ0) is 17.0. The second-order valence-corrected chi connectivity index (χ2v) is 4.79. The van der Waals surface area contributed by atoms with Crippen LogP contribution in [0.3, 0.4) is 0 Å². The molecule has 0 radical (unpaired) electrons. The largest absolute Gasteiger partial charge is 0.496 e. The molecule has 6 heteroatoms. The predicted molar refractivity (Wildman–Crippen MR) is 83.2 cm³/mol. The van der Waals surface area contributed by atoms with Crippen LogP contribution < -0.4 is 14.2 Å². The number of aliphatic hydroxyl groups is 1. The van der Waals surface area contributed by atoms with Crippen LogP contribution in [-0.4, -0.2) is 37.5 Å². The van der Waals surface area contributed by atoms with Crippen molar-refractivity contribution in [1.29, 1.82) is 0 Å². The van der Waals surface area contributed by atoms with E-state index >= 15 is 0 Å². The molecule has 6 nitrogen and oxygen atoms in total. The van der Waals surface area contributed by atoms with E-state index < -0.39 is 11.6 Å². The van der Waals surface area contributed by atoms with Gasteiger partial charge in [0.05, 0.1) is 26.9 Å². The molecule has 2 rings (SSSR count). The molecule has 23 heavy (non-hydrogen) atoms. The van der Waals surface area contributed by atoms with E-state index in [-0.39, 0.29) is 22.6 Å². The van der Waals surface area contributed by atoms with Crippen LogP contribution in [0.2, 0.25) is 0 Å². The Labute approximate surface area is 133 Å². The van der Waals surface area contributed by atoms with Gasteiger partial charge < -0.3 is 24.4 Å². The number of methoxy groups -OCH3 is 3. The first-order valence-corrected chi connectivity index (χ1v) is 6.80. The van der Waals surface area contributed by atoms with E-state index in [1.807, 2.05) is 0 Å². The van der Waals surface area contributed by atoms with Crippen LogP contribution in [0.25, 0.3) is 0 Å². The molecule has 0 heterocycles. The third kappa shape index (κ3) is 2.80. The number of benzene rings is 2. The molecule has 0 aliphatic heterocycles. The van der Waals surface area contributed by atoms with E-state index in [1.54, 1.807) is 18.2 Å². The summed E-state index contributed by atoms with van der Waals surface area (Å²) in [6.07, 6.45) is 0. The second-order valence-electron chi connectivity index (χ2n) is 4.79. The fourth-order valence-electron chi connectivity index (χ4n) is 2.42. The summed E-state index contributed by atoms with van der Waals surface area (Å²) in [5, 5.41) is 20.7. The highest BCUT2D eigenvalue weighted by molar-refractivity contribution is 5.86. The number of carboxylic acid groups (broad SMARTS) is 1. The summed E-state index contributed by atoms with van der Waals surface area (Å²) in [7, 11) is 4.23. The number of carboxylic acids is 1. The predicted octanol–water partition coefficient (Wildman–Crippen LogP) is 2.03. The van der Waals surface area contributed by atoms with Crippen molar-refractivity contribution in [3.8, 4) is 17.2 Å². The molecule has 2 aromatic carbocycles. The highest BCUT2D eigenvalue weighted by atomic mass is 16.5. The Kier molecular flexibility index (Phi) is 4.76. The molecular formula is C17H18O6. The zero-order valence-electron chi connectivity index (χ0n) is 13.1. The molecule has 0 bridgehead atoms. The van der Waals surface area contributed by atoms with Gasteiger partial charge in [-0.15, -0.1) is 0 Å². The molecule has 2 N–H and O–H groups in total. The second kappa shape index (κ2) is 6.58. The Morgan fingerprint density at radius 1 is 0.957 bits per heavy atom. The number of hydrogen-bond acceptors (Lipinski definition) is 5. The third-order valence-corrected chi connectivity index (χ3v) is 3.58. The zero-order valence-corrected chi connectivity index (χ0v) is 13.1. The first kappa shape index (κ1) is 16.6. The topological polar surface area (TPSA) is 85.2 Å². The minimum atomic E-state index is -2.33. The van der Waals surface area contributed by atoms with Gasteiger partial charge in [-0.05, 0) is 5.56 Å². The highest BCUT2D eigenvalue weighted by Gasteiger charge is 2.45. The summed E-state index contributed by atoms with van der Waals surface area (Å²) in [6, 6.07) is 11.1. The fraction of sp³-hybridized carbons (Fsp3) is 0.235. The van der Waals surface area contributed by atoms with Crippen molar-refractivity contribution in [2.45, 2.75) is 5.60 Å². The lowest BCUT2D eigenvalue weighted by Crippen LogP contribution is -2.37. The van der Waals surface area contributed by atoms with Crippen molar-refractivity contribution in [3.63, 3.8) is 0 Å². The average molecular weight is 318 g/mol. The average Bonchev–Trinajstić information content (AvgIpc) is 2.60. The van der Waals surface area contributed by atoms with E-state index in [2.05, 4.69) is 0 Å². The highest BCUT2D eigenvalue weighted by Crippen LogP contribution is 2.44. The van der Waals surface area contributed by atoms with Gasteiger partial charge in [0.2, 0.25) is 5.60 Å². The molecule has 0 aliphatic rings. The maximum atomic E-state index is 11.9. The van der Waals surface area contributed by atoms with Gasteiger partial charge in [0.25, 0.3) is 0 Å². The van der Waals surface area contributed by atoms with Crippen LogP contribution in [0.5, 0.6) is 17.2 Å². The number of ether oxygens (including phenoxy) is 3. The number of aliphatic carboxylic acids is 1. The van der Waals surface area contributed by atoms with Crippen molar-refractivity contribution in [3.05, 3.63) is 53.6 Å². The van der Waals surface area contributed by atoms with Crippen molar-refractivity contribution in [2.24, 2.45) is 0 Å². The summed E-state index contributed by atoms with van der Waals surface area (Å²) in [5.41, 5.74) is -2.14. The van der Waals surface area contributed by atoms with Gasteiger partial charge >= 0.3 is 5.97 Å². The molecule has 122 valence electrons. The van der Waals surface area contributed by atoms with E-state index in [9.17, 15) is 15.0 Å². The summed E-state index contributed by atoms with van der Waals surface area (Å²) >= 11 is 0. The van der Waals surface area contributed by atoms with Gasteiger partial charge in [-0.1, -0.05) is 30.3 Å². The van der Waals surface area contributed by atoms with Crippen LogP contribution in [0.15, 0.2) is 42.5 Å². The summed E-state index contributed by atoms with van der Waals surface area (Å²) in [4.78, 5) is 11.9. The minimum Gasteiger partial charge on any atom is -0.496 e. The normalized spacial score (nSPS) is 13.0. The third-order valence-electron chi connectivity index (χ3n) is 3.58. The van der Waals surface area contributed by atoms with Crippen LogP contribution in [0.1, 0.15) is 11.1 Å². The van der Waals surface area contributed by atoms with Gasteiger partial charge in [0.1, 0.15) is 17.2 Å². The van der Waals surface area contributed by atoms with Gasteiger partial charge in [0, 0.05) is 12.1 Å². The lowest BCUT2D eigenvalue weighted by atomic mass is 9.85. The first-order chi connectivity index (χ1) is 11.0. The molecule has 1 atom stereocenters. The Balaban J connectivity index is 2.81. The molecule has 0 fully saturated rings. The SMILES string of the molecule is COc1cc(OC)c(C(O)(C(=O)O)c2ccccc2)c(OC)c1. The van der Waals surface area contributed by atoms with Crippen molar-refractivity contribution in [2.75, 3.05) is 21.3 Å². The lowest BCUT2D eigenvalue weighted by Gasteiger charge is -2.28. The Morgan fingerprint density at radius 2 is 1.48 bits per heavy atom. The minimum absolute atomic E-state index is 0.00185. The monoisotopic (exact) mass is 318 g/mol. The van der Waals surface area contributed by atoms with E-state index in [1.165, 1.54) is 45.6 Å². The fourth-order valence-corrected chi connectivity index (χ4v) is 2.42. The smallest absolute Gasteiger partial charge is 0.345 e. The number of carbonyl (C=O) groups is 1. The maximum Gasteiger partial charge on any atom is 0.345 e. The summed E-state index contributed by atoms with van der Waals surface area (Å²) in [5.74, 6) is -0.723. The number of hydrogen-bond donors (Lipinski definition) is 2. The molecule has 0 spiro atoms. The van der Waals surface area contributed by atoms with Crippen LogP contribution >= 0.6 is 0 Å². The Hall–Kier alpha value is -2.73. The molecule has 0 aromatic heterocycles. The molecule has 0 amide bonds. The lowest BCUT2D eigenvalue weighted by molar-refractivity contribution is -0.155. The molecule has 0 saturated carbocycles.